The predicted molar refractivity (Wildman–Crippen MR) is 39.6 cm³/mol. The summed E-state index contributed by atoms with van der Waals surface area (Å²) in [7, 11) is 0. The van der Waals surface area contributed by atoms with Gasteiger partial charge in [0.1, 0.15) is 5.52 Å². The highest BCUT2D eigenvalue weighted by Gasteiger charge is 2.03. The average Bonchev–Trinajstić information content (AvgIpc) is 2.45. The van der Waals surface area contributed by atoms with Gasteiger partial charge in [0, 0.05) is 6.20 Å². The molecule has 2 heterocycles. The number of fused-ring (bicyclic) bond motifs is 1. The predicted octanol–water partition coefficient (Wildman–Crippen LogP) is 1.06. The standard InChI is InChI=1S/C7H6FN3/c8-7-5(9)2-4-11-6(7)1-3-10-11/h1-4H,9H2. The number of nitrogens with two attached hydrogens (primary N) is 1. The van der Waals surface area contributed by atoms with E-state index in [2.05, 4.69) is 5.10 Å². The average molecular weight is 151 g/mol. The first kappa shape index (κ1) is 6.15. The Balaban J connectivity index is 2.93. The molecular weight excluding hydrogens is 145 g/mol. The first-order chi connectivity index (χ1) is 5.29. The minimum atomic E-state index is -0.412. The van der Waals surface area contributed by atoms with E-state index in [0.29, 0.717) is 5.52 Å². The summed E-state index contributed by atoms with van der Waals surface area (Å²) in [6.45, 7) is 0. The van der Waals surface area contributed by atoms with Crippen molar-refractivity contribution in [1.29, 1.82) is 0 Å². The molecule has 0 saturated carbocycles. The molecule has 0 fully saturated rings. The van der Waals surface area contributed by atoms with Gasteiger partial charge in [0.05, 0.1) is 11.9 Å². The number of hydrogen-bond acceptors (Lipinski definition) is 2. The Morgan fingerprint density at radius 3 is 3.09 bits per heavy atom. The highest BCUT2D eigenvalue weighted by molar-refractivity contribution is 5.57. The smallest absolute Gasteiger partial charge is 0.171 e. The van der Waals surface area contributed by atoms with Crippen molar-refractivity contribution < 1.29 is 4.39 Å². The van der Waals surface area contributed by atoms with Crippen molar-refractivity contribution in [3.05, 3.63) is 30.3 Å². The molecule has 2 N–H and O–H groups in total. The van der Waals surface area contributed by atoms with Gasteiger partial charge >= 0.3 is 0 Å². The Bertz CT molecular complexity index is 393. The van der Waals surface area contributed by atoms with Gasteiger partial charge in [-0.05, 0) is 12.1 Å². The summed E-state index contributed by atoms with van der Waals surface area (Å²) in [5.41, 5.74) is 5.89. The monoisotopic (exact) mass is 151 g/mol. The van der Waals surface area contributed by atoms with E-state index < -0.39 is 5.82 Å². The molecule has 56 valence electrons. The van der Waals surface area contributed by atoms with Crippen molar-refractivity contribution in [2.24, 2.45) is 0 Å². The van der Waals surface area contributed by atoms with Crippen LogP contribution in [0.5, 0.6) is 0 Å². The maximum absolute atomic E-state index is 13.0. The van der Waals surface area contributed by atoms with Crippen LogP contribution >= 0.6 is 0 Å². The van der Waals surface area contributed by atoms with Gasteiger partial charge in [-0.25, -0.2) is 8.91 Å². The van der Waals surface area contributed by atoms with Crippen molar-refractivity contribution in [2.45, 2.75) is 0 Å². The molecule has 11 heavy (non-hydrogen) atoms. The van der Waals surface area contributed by atoms with E-state index >= 15 is 0 Å². The van der Waals surface area contributed by atoms with Gasteiger partial charge in [0.15, 0.2) is 5.82 Å². The molecule has 0 spiro atoms. The first-order valence-corrected chi connectivity index (χ1v) is 3.16. The largest absolute Gasteiger partial charge is 0.396 e. The molecule has 3 nitrogen and oxygen atoms in total. The molecule has 0 radical (unpaired) electrons. The summed E-state index contributed by atoms with van der Waals surface area (Å²) in [6, 6.07) is 3.06. The molecule has 0 unspecified atom stereocenters. The van der Waals surface area contributed by atoms with Gasteiger partial charge in [0.25, 0.3) is 0 Å². The zero-order valence-corrected chi connectivity index (χ0v) is 5.66. The first-order valence-electron chi connectivity index (χ1n) is 3.16. The second kappa shape index (κ2) is 1.95. The normalized spacial score (nSPS) is 10.6. The number of nitrogen functional groups attached to an aromatic ring is 1. The third kappa shape index (κ3) is 0.756. The SMILES string of the molecule is Nc1ccn2nccc2c1F. The van der Waals surface area contributed by atoms with Crippen LogP contribution in [-0.2, 0) is 0 Å². The van der Waals surface area contributed by atoms with E-state index in [9.17, 15) is 4.39 Å². The lowest BCUT2D eigenvalue weighted by atomic mass is 10.3. The minimum absolute atomic E-state index is 0.151. The molecule has 0 aliphatic rings. The Labute approximate surface area is 62.2 Å². The lowest BCUT2D eigenvalue weighted by molar-refractivity contribution is 0.635. The lowest BCUT2D eigenvalue weighted by Crippen LogP contribution is -1.95. The Morgan fingerprint density at radius 2 is 2.27 bits per heavy atom. The summed E-state index contributed by atoms with van der Waals surface area (Å²) in [6.07, 6.45) is 3.14. The minimum Gasteiger partial charge on any atom is -0.396 e. The molecule has 4 heteroatoms. The molecular formula is C7H6FN3. The molecule has 0 bridgehead atoms. The molecule has 2 aromatic rings. The number of rotatable bonds is 0. The van der Waals surface area contributed by atoms with Gasteiger partial charge in [-0.3, -0.25) is 0 Å². The maximum Gasteiger partial charge on any atom is 0.171 e. The topological polar surface area (TPSA) is 43.3 Å². The zero-order chi connectivity index (χ0) is 7.84. The fourth-order valence-corrected chi connectivity index (χ4v) is 0.979. The summed E-state index contributed by atoms with van der Waals surface area (Å²) in [5, 5.41) is 3.84. The summed E-state index contributed by atoms with van der Waals surface area (Å²) in [5.74, 6) is -0.412. The van der Waals surface area contributed by atoms with Crippen LogP contribution in [0.15, 0.2) is 24.5 Å². The van der Waals surface area contributed by atoms with Crippen LogP contribution in [0.4, 0.5) is 10.1 Å². The summed E-state index contributed by atoms with van der Waals surface area (Å²) in [4.78, 5) is 0. The highest BCUT2D eigenvalue weighted by atomic mass is 19.1. The summed E-state index contributed by atoms with van der Waals surface area (Å²) < 4.78 is 14.5. The molecule has 2 aromatic heterocycles. The van der Waals surface area contributed by atoms with Crippen molar-refractivity contribution >= 4 is 11.2 Å². The lowest BCUT2D eigenvalue weighted by Gasteiger charge is -1.97. The van der Waals surface area contributed by atoms with Crippen molar-refractivity contribution in [3.8, 4) is 0 Å². The van der Waals surface area contributed by atoms with Gasteiger partial charge in [-0.1, -0.05) is 0 Å². The Hall–Kier alpha value is -1.58. The second-order valence-electron chi connectivity index (χ2n) is 2.25. The van der Waals surface area contributed by atoms with E-state index in [1.807, 2.05) is 0 Å². The molecule has 0 amide bonds. The van der Waals surface area contributed by atoms with Gasteiger partial charge in [-0.15, -0.1) is 0 Å². The molecule has 0 saturated heterocycles. The zero-order valence-electron chi connectivity index (χ0n) is 5.66. The Kier molecular flexibility index (Phi) is 1.09. The van der Waals surface area contributed by atoms with Crippen LogP contribution in [0.3, 0.4) is 0 Å². The van der Waals surface area contributed by atoms with Crippen LogP contribution in [0, 0.1) is 5.82 Å². The number of halogens is 1. The third-order valence-electron chi connectivity index (χ3n) is 1.54. The van der Waals surface area contributed by atoms with Crippen LogP contribution in [0.1, 0.15) is 0 Å². The molecule has 0 aliphatic heterocycles. The second-order valence-corrected chi connectivity index (χ2v) is 2.25. The number of hydrogen-bond donors (Lipinski definition) is 1. The number of pyridine rings is 1. The van der Waals surface area contributed by atoms with Gasteiger partial charge < -0.3 is 5.73 Å². The fraction of sp³-hybridized carbons (Fsp3) is 0. The number of anilines is 1. The van der Waals surface area contributed by atoms with Gasteiger partial charge in [0.2, 0.25) is 0 Å². The fourth-order valence-electron chi connectivity index (χ4n) is 0.979. The summed E-state index contributed by atoms with van der Waals surface area (Å²) >= 11 is 0. The molecule has 0 atom stereocenters. The molecule has 0 aromatic carbocycles. The van der Waals surface area contributed by atoms with Crippen LogP contribution in [-0.4, -0.2) is 9.61 Å². The quantitative estimate of drug-likeness (QED) is 0.611. The Morgan fingerprint density at radius 1 is 1.45 bits per heavy atom. The molecule has 0 aliphatic carbocycles. The van der Waals surface area contributed by atoms with E-state index in [-0.39, 0.29) is 5.69 Å². The maximum atomic E-state index is 13.0. The van der Waals surface area contributed by atoms with Crippen LogP contribution < -0.4 is 5.73 Å². The van der Waals surface area contributed by atoms with Crippen molar-refractivity contribution in [2.75, 3.05) is 5.73 Å². The van der Waals surface area contributed by atoms with Gasteiger partial charge in [-0.2, -0.15) is 5.10 Å². The van der Waals surface area contributed by atoms with Crippen molar-refractivity contribution in [3.63, 3.8) is 0 Å². The molecule has 2 rings (SSSR count). The third-order valence-corrected chi connectivity index (χ3v) is 1.54. The van der Waals surface area contributed by atoms with Crippen molar-refractivity contribution in [1.82, 2.24) is 9.61 Å². The van der Waals surface area contributed by atoms with Crippen LogP contribution in [0.25, 0.3) is 5.52 Å². The number of nitrogens with zero attached hydrogens (tertiary/aromatic N) is 2. The van der Waals surface area contributed by atoms with E-state index in [1.54, 1.807) is 12.3 Å². The van der Waals surface area contributed by atoms with E-state index in [1.165, 1.54) is 16.8 Å². The van der Waals surface area contributed by atoms with E-state index in [0.717, 1.165) is 0 Å². The van der Waals surface area contributed by atoms with Crippen LogP contribution in [0.2, 0.25) is 0 Å². The van der Waals surface area contributed by atoms with E-state index in [4.69, 9.17) is 5.73 Å². The highest BCUT2D eigenvalue weighted by Crippen LogP contribution is 2.14. The number of aromatic nitrogens is 2.